The number of hydrogen-bond acceptors (Lipinski definition) is 6. The van der Waals surface area contributed by atoms with Crippen LogP contribution >= 0.6 is 0 Å². The van der Waals surface area contributed by atoms with Gasteiger partial charge in [-0.2, -0.15) is 9.97 Å². The van der Waals surface area contributed by atoms with Crippen molar-refractivity contribution in [1.82, 2.24) is 19.5 Å². The zero-order chi connectivity index (χ0) is 25.4. The standard InChI is InChI=1S/C29H37N7/c1-7-21-9-12-23(13-10-21)35-14-16-36(17-15-35)28-32-26-25(34(6)19-30-26)27(33-28)31-24-18-22(29(3,4)5)11-8-20(24)2/h8-13,18-19H,7,14-17H2,1-6H3,(H,31,32,33). The van der Waals surface area contributed by atoms with Crippen molar-refractivity contribution in [2.45, 2.75) is 46.5 Å². The summed E-state index contributed by atoms with van der Waals surface area (Å²) in [6.45, 7) is 14.6. The summed E-state index contributed by atoms with van der Waals surface area (Å²) in [5.41, 5.74) is 7.88. The first-order valence-electron chi connectivity index (χ1n) is 12.9. The molecule has 1 fully saturated rings. The van der Waals surface area contributed by atoms with Crippen LogP contribution in [0.15, 0.2) is 48.8 Å². The van der Waals surface area contributed by atoms with Gasteiger partial charge < -0.3 is 19.7 Å². The Labute approximate surface area is 214 Å². The van der Waals surface area contributed by atoms with Crippen LogP contribution in [0.2, 0.25) is 0 Å². The summed E-state index contributed by atoms with van der Waals surface area (Å²) in [6, 6.07) is 15.6. The van der Waals surface area contributed by atoms with E-state index < -0.39 is 0 Å². The third-order valence-corrected chi connectivity index (χ3v) is 7.19. The second kappa shape index (κ2) is 9.45. The van der Waals surface area contributed by atoms with E-state index in [1.54, 1.807) is 0 Å². The summed E-state index contributed by atoms with van der Waals surface area (Å²) in [5, 5.41) is 3.63. The Morgan fingerprint density at radius 1 is 0.917 bits per heavy atom. The summed E-state index contributed by atoms with van der Waals surface area (Å²) >= 11 is 0. The van der Waals surface area contributed by atoms with E-state index in [1.807, 2.05) is 17.9 Å². The van der Waals surface area contributed by atoms with E-state index in [-0.39, 0.29) is 5.41 Å². The maximum Gasteiger partial charge on any atom is 0.229 e. The second-order valence-electron chi connectivity index (χ2n) is 10.8. The molecule has 1 saturated heterocycles. The van der Waals surface area contributed by atoms with Gasteiger partial charge in [0.1, 0.15) is 5.52 Å². The average molecular weight is 484 g/mol. The minimum Gasteiger partial charge on any atom is -0.368 e. The van der Waals surface area contributed by atoms with Crippen LogP contribution < -0.4 is 15.1 Å². The number of rotatable bonds is 5. The molecule has 36 heavy (non-hydrogen) atoms. The lowest BCUT2D eigenvalue weighted by Gasteiger charge is -2.36. The van der Waals surface area contributed by atoms with Crippen molar-refractivity contribution in [3.05, 3.63) is 65.5 Å². The topological polar surface area (TPSA) is 62.1 Å². The van der Waals surface area contributed by atoms with Crippen molar-refractivity contribution >= 4 is 34.3 Å². The molecular formula is C29H37N7. The van der Waals surface area contributed by atoms with Crippen LogP contribution in [0.3, 0.4) is 0 Å². The highest BCUT2D eigenvalue weighted by Crippen LogP contribution is 2.31. The van der Waals surface area contributed by atoms with Gasteiger partial charge in [0, 0.05) is 44.6 Å². The van der Waals surface area contributed by atoms with Gasteiger partial charge in [0.15, 0.2) is 11.5 Å². The summed E-state index contributed by atoms with van der Waals surface area (Å²) < 4.78 is 1.99. The molecule has 5 rings (SSSR count). The van der Waals surface area contributed by atoms with Gasteiger partial charge >= 0.3 is 0 Å². The van der Waals surface area contributed by atoms with Crippen molar-refractivity contribution < 1.29 is 0 Å². The SMILES string of the molecule is CCc1ccc(N2CCN(c3nc(Nc4cc(C(C)(C)C)ccc4C)c4c(ncn4C)n3)CC2)cc1. The van der Waals surface area contributed by atoms with Crippen molar-refractivity contribution in [2.75, 3.05) is 41.3 Å². The number of benzene rings is 2. The maximum absolute atomic E-state index is 5.03. The van der Waals surface area contributed by atoms with Crippen molar-refractivity contribution in [3.8, 4) is 0 Å². The van der Waals surface area contributed by atoms with Crippen LogP contribution in [0, 0.1) is 6.92 Å². The van der Waals surface area contributed by atoms with Crippen LogP contribution in [0.1, 0.15) is 44.4 Å². The summed E-state index contributed by atoms with van der Waals surface area (Å²) in [5.74, 6) is 1.52. The third-order valence-electron chi connectivity index (χ3n) is 7.19. The van der Waals surface area contributed by atoms with E-state index in [0.29, 0.717) is 5.65 Å². The largest absolute Gasteiger partial charge is 0.368 e. The molecule has 0 amide bonds. The fourth-order valence-corrected chi connectivity index (χ4v) is 4.73. The van der Waals surface area contributed by atoms with Crippen LogP contribution in [0.5, 0.6) is 0 Å². The highest BCUT2D eigenvalue weighted by atomic mass is 15.3. The number of hydrogen-bond donors (Lipinski definition) is 1. The molecule has 3 heterocycles. The molecule has 1 N–H and O–H groups in total. The van der Waals surface area contributed by atoms with Gasteiger partial charge in [-0.15, -0.1) is 0 Å². The number of aromatic nitrogens is 4. The van der Waals surface area contributed by atoms with Gasteiger partial charge in [-0.3, -0.25) is 0 Å². The molecule has 0 atom stereocenters. The Morgan fingerprint density at radius 2 is 1.61 bits per heavy atom. The molecule has 0 radical (unpaired) electrons. The predicted molar refractivity (Wildman–Crippen MR) is 150 cm³/mol. The smallest absolute Gasteiger partial charge is 0.229 e. The molecule has 0 unspecified atom stereocenters. The monoisotopic (exact) mass is 483 g/mol. The summed E-state index contributed by atoms with van der Waals surface area (Å²) in [4.78, 5) is 19.2. The number of anilines is 4. The van der Waals surface area contributed by atoms with Gasteiger partial charge in [0.2, 0.25) is 5.95 Å². The quantitative estimate of drug-likeness (QED) is 0.399. The van der Waals surface area contributed by atoms with Gasteiger partial charge in [-0.1, -0.05) is 52.0 Å². The minimum atomic E-state index is 0.0688. The molecule has 0 aliphatic carbocycles. The molecule has 0 saturated carbocycles. The van der Waals surface area contributed by atoms with E-state index in [9.17, 15) is 0 Å². The summed E-state index contributed by atoms with van der Waals surface area (Å²) in [6.07, 6.45) is 2.88. The Bertz CT molecular complexity index is 1360. The van der Waals surface area contributed by atoms with Crippen LogP contribution in [-0.4, -0.2) is 45.7 Å². The molecule has 7 heteroatoms. The van der Waals surface area contributed by atoms with Gasteiger partial charge in [0.05, 0.1) is 6.33 Å². The second-order valence-corrected chi connectivity index (χ2v) is 10.8. The lowest BCUT2D eigenvalue weighted by Crippen LogP contribution is -2.47. The third kappa shape index (κ3) is 4.74. The Morgan fingerprint density at radius 3 is 2.28 bits per heavy atom. The molecule has 188 valence electrons. The van der Waals surface area contributed by atoms with Crippen LogP contribution in [0.4, 0.5) is 23.1 Å². The Balaban J connectivity index is 1.42. The molecule has 7 nitrogen and oxygen atoms in total. The van der Waals surface area contributed by atoms with E-state index in [0.717, 1.165) is 55.6 Å². The molecule has 2 aromatic heterocycles. The number of aryl methyl sites for hydroxylation is 3. The molecule has 1 aliphatic rings. The molecule has 0 spiro atoms. The lowest BCUT2D eigenvalue weighted by molar-refractivity contribution is 0.590. The Hall–Kier alpha value is -3.61. The number of fused-ring (bicyclic) bond motifs is 1. The van der Waals surface area contributed by atoms with Crippen LogP contribution in [-0.2, 0) is 18.9 Å². The van der Waals surface area contributed by atoms with Crippen LogP contribution in [0.25, 0.3) is 11.2 Å². The first kappa shape index (κ1) is 24.1. The highest BCUT2D eigenvalue weighted by molar-refractivity contribution is 5.87. The zero-order valence-corrected chi connectivity index (χ0v) is 22.3. The maximum atomic E-state index is 5.03. The fourth-order valence-electron chi connectivity index (χ4n) is 4.73. The van der Waals surface area contributed by atoms with Crippen molar-refractivity contribution in [3.63, 3.8) is 0 Å². The molecule has 2 aromatic carbocycles. The first-order chi connectivity index (χ1) is 17.2. The number of nitrogens with zero attached hydrogens (tertiary/aromatic N) is 6. The summed E-state index contributed by atoms with van der Waals surface area (Å²) in [7, 11) is 1.99. The van der Waals surface area contributed by atoms with E-state index >= 15 is 0 Å². The van der Waals surface area contributed by atoms with Crippen molar-refractivity contribution in [1.29, 1.82) is 0 Å². The minimum absolute atomic E-state index is 0.0688. The van der Waals surface area contributed by atoms with E-state index in [1.165, 1.54) is 22.4 Å². The molecule has 4 aromatic rings. The Kier molecular flexibility index (Phi) is 6.33. The van der Waals surface area contributed by atoms with E-state index in [4.69, 9.17) is 9.97 Å². The van der Waals surface area contributed by atoms with Crippen molar-refractivity contribution in [2.24, 2.45) is 7.05 Å². The lowest BCUT2D eigenvalue weighted by atomic mass is 9.86. The first-order valence-corrected chi connectivity index (χ1v) is 12.9. The molecule has 1 aliphatic heterocycles. The van der Waals surface area contributed by atoms with E-state index in [2.05, 4.69) is 97.2 Å². The van der Waals surface area contributed by atoms with Gasteiger partial charge in [0.25, 0.3) is 0 Å². The fraction of sp³-hybridized carbons (Fsp3) is 0.414. The van der Waals surface area contributed by atoms with Gasteiger partial charge in [-0.05, 0) is 53.6 Å². The molecular weight excluding hydrogens is 446 g/mol. The predicted octanol–water partition coefficient (Wildman–Crippen LogP) is 5.60. The molecule has 0 bridgehead atoms. The zero-order valence-electron chi connectivity index (χ0n) is 22.3. The normalized spacial score (nSPS) is 14.5. The number of nitrogens with one attached hydrogen (secondary N) is 1. The number of piperazine rings is 1. The van der Waals surface area contributed by atoms with Gasteiger partial charge in [-0.25, -0.2) is 4.98 Å². The average Bonchev–Trinajstić information content (AvgIpc) is 3.25. The highest BCUT2D eigenvalue weighted by Gasteiger charge is 2.23. The number of imidazole rings is 1.